The third kappa shape index (κ3) is 2.95. The molecule has 1 unspecified atom stereocenters. The molecule has 0 spiro atoms. The first-order valence-electron chi connectivity index (χ1n) is 8.04. The van der Waals surface area contributed by atoms with Crippen molar-refractivity contribution < 1.29 is 5.11 Å². The summed E-state index contributed by atoms with van der Waals surface area (Å²) in [7, 11) is 0. The topological polar surface area (TPSA) is 75.9 Å². The van der Waals surface area contributed by atoms with Crippen molar-refractivity contribution in [2.45, 2.75) is 24.8 Å². The summed E-state index contributed by atoms with van der Waals surface area (Å²) in [6, 6.07) is 8.08. The molecule has 1 fully saturated rings. The lowest BCUT2D eigenvalue weighted by Crippen LogP contribution is -2.17. The summed E-state index contributed by atoms with van der Waals surface area (Å²) in [5, 5.41) is 13.7. The molecule has 0 radical (unpaired) electrons. The van der Waals surface area contributed by atoms with Crippen molar-refractivity contribution in [1.29, 1.82) is 0 Å². The molecule has 1 aromatic carbocycles. The second-order valence-corrected chi connectivity index (χ2v) is 6.53. The Morgan fingerprint density at radius 2 is 2.17 bits per heavy atom. The number of halogens is 1. The second-order valence-electron chi connectivity index (χ2n) is 6.09. The number of nitrogens with zero attached hydrogens (tertiary/aromatic N) is 4. The molecule has 1 saturated carbocycles. The first kappa shape index (κ1) is 15.4. The van der Waals surface area contributed by atoms with Gasteiger partial charge in [0.2, 0.25) is 0 Å². The van der Waals surface area contributed by atoms with E-state index in [0.29, 0.717) is 23.4 Å². The van der Waals surface area contributed by atoms with Crippen molar-refractivity contribution in [2.75, 3.05) is 18.5 Å². The van der Waals surface area contributed by atoms with Gasteiger partial charge in [-0.1, -0.05) is 23.7 Å². The van der Waals surface area contributed by atoms with E-state index in [0.717, 1.165) is 16.7 Å². The fraction of sp³-hybridized carbons (Fsp3) is 0.353. The van der Waals surface area contributed by atoms with Crippen LogP contribution in [0.1, 0.15) is 30.4 Å². The van der Waals surface area contributed by atoms with Gasteiger partial charge in [-0.05, 0) is 30.5 Å². The maximum absolute atomic E-state index is 9.71. The Kier molecular flexibility index (Phi) is 4.08. The van der Waals surface area contributed by atoms with Crippen LogP contribution in [-0.4, -0.2) is 37.8 Å². The normalized spacial score (nSPS) is 15.6. The minimum Gasteiger partial charge on any atom is -0.396 e. The van der Waals surface area contributed by atoms with Crippen molar-refractivity contribution in [3.8, 4) is 0 Å². The van der Waals surface area contributed by atoms with E-state index in [2.05, 4.69) is 24.8 Å². The van der Waals surface area contributed by atoms with Crippen molar-refractivity contribution >= 4 is 28.6 Å². The molecule has 1 aliphatic carbocycles. The molecule has 24 heavy (non-hydrogen) atoms. The molecular weight excluding hydrogens is 326 g/mol. The smallest absolute Gasteiger partial charge is 0.165 e. The highest BCUT2D eigenvalue weighted by atomic mass is 35.5. The summed E-state index contributed by atoms with van der Waals surface area (Å²) in [5.74, 6) is 0.624. The van der Waals surface area contributed by atoms with Crippen LogP contribution in [0.4, 0.5) is 5.82 Å². The summed E-state index contributed by atoms with van der Waals surface area (Å²) >= 11 is 6.04. The largest absolute Gasteiger partial charge is 0.396 e. The predicted molar refractivity (Wildman–Crippen MR) is 93.4 cm³/mol. The number of aliphatic hydroxyl groups excluding tert-OH is 1. The van der Waals surface area contributed by atoms with Crippen LogP contribution in [0.3, 0.4) is 0 Å². The predicted octanol–water partition coefficient (Wildman–Crippen LogP) is 3.00. The van der Waals surface area contributed by atoms with Crippen LogP contribution < -0.4 is 5.32 Å². The molecule has 0 bridgehead atoms. The van der Waals surface area contributed by atoms with E-state index in [-0.39, 0.29) is 12.5 Å². The van der Waals surface area contributed by atoms with Gasteiger partial charge in [0, 0.05) is 23.5 Å². The van der Waals surface area contributed by atoms with E-state index >= 15 is 0 Å². The van der Waals surface area contributed by atoms with Crippen LogP contribution in [-0.2, 0) is 0 Å². The van der Waals surface area contributed by atoms with E-state index in [9.17, 15) is 5.11 Å². The number of rotatable bonds is 6. The molecule has 3 aromatic rings. The van der Waals surface area contributed by atoms with Crippen molar-refractivity contribution in [1.82, 2.24) is 19.5 Å². The average molecular weight is 344 g/mol. The highest BCUT2D eigenvalue weighted by molar-refractivity contribution is 6.30. The Labute approximate surface area is 144 Å². The molecule has 1 aliphatic rings. The Morgan fingerprint density at radius 1 is 1.29 bits per heavy atom. The van der Waals surface area contributed by atoms with Crippen LogP contribution in [0.25, 0.3) is 11.2 Å². The minimum atomic E-state index is -0.0702. The first-order chi connectivity index (χ1) is 11.8. The Balaban J connectivity index is 1.55. The van der Waals surface area contributed by atoms with Gasteiger partial charge >= 0.3 is 0 Å². The number of fused-ring (bicyclic) bond motifs is 1. The van der Waals surface area contributed by atoms with Gasteiger partial charge in [0.1, 0.15) is 11.8 Å². The molecule has 2 N–H and O–H groups in total. The zero-order valence-corrected chi connectivity index (χ0v) is 13.8. The number of aromatic nitrogens is 4. The van der Waals surface area contributed by atoms with Gasteiger partial charge in [-0.25, -0.2) is 15.0 Å². The van der Waals surface area contributed by atoms with Crippen LogP contribution in [0.5, 0.6) is 0 Å². The molecule has 0 aliphatic heterocycles. The zero-order valence-electron chi connectivity index (χ0n) is 13.1. The minimum absolute atomic E-state index is 0.0259. The Bertz CT molecular complexity index is 861. The van der Waals surface area contributed by atoms with E-state index in [1.165, 1.54) is 12.8 Å². The summed E-state index contributed by atoms with van der Waals surface area (Å²) in [6.07, 6.45) is 5.75. The number of anilines is 1. The monoisotopic (exact) mass is 343 g/mol. The number of aliphatic hydroxyl groups is 1. The average Bonchev–Trinajstić information content (AvgIpc) is 3.34. The molecule has 1 atom stereocenters. The lowest BCUT2D eigenvalue weighted by molar-refractivity contribution is 0.270. The van der Waals surface area contributed by atoms with Gasteiger partial charge in [-0.2, -0.15) is 0 Å². The molecule has 0 saturated heterocycles. The van der Waals surface area contributed by atoms with Crippen LogP contribution in [0, 0.1) is 0 Å². The maximum atomic E-state index is 9.71. The molecule has 124 valence electrons. The van der Waals surface area contributed by atoms with Gasteiger partial charge in [-0.3, -0.25) is 0 Å². The fourth-order valence-electron chi connectivity index (χ4n) is 2.87. The maximum Gasteiger partial charge on any atom is 0.165 e. The van der Waals surface area contributed by atoms with Gasteiger partial charge < -0.3 is 15.0 Å². The van der Waals surface area contributed by atoms with Gasteiger partial charge in [0.25, 0.3) is 0 Å². The lowest BCUT2D eigenvalue weighted by Gasteiger charge is -2.16. The fourth-order valence-corrected chi connectivity index (χ4v) is 3.07. The van der Waals surface area contributed by atoms with Crippen LogP contribution >= 0.6 is 11.6 Å². The molecular formula is C17H18ClN5O. The molecule has 4 rings (SSSR count). The van der Waals surface area contributed by atoms with Crippen molar-refractivity contribution in [3.63, 3.8) is 0 Å². The van der Waals surface area contributed by atoms with Crippen LogP contribution in [0.2, 0.25) is 5.02 Å². The zero-order chi connectivity index (χ0) is 16.5. The highest BCUT2D eigenvalue weighted by Crippen LogP contribution is 2.37. The van der Waals surface area contributed by atoms with Crippen molar-refractivity contribution in [2.24, 2.45) is 0 Å². The van der Waals surface area contributed by atoms with E-state index in [1.54, 1.807) is 6.33 Å². The summed E-state index contributed by atoms with van der Waals surface area (Å²) in [4.78, 5) is 13.1. The van der Waals surface area contributed by atoms with Gasteiger partial charge in [0.05, 0.1) is 12.9 Å². The second kappa shape index (κ2) is 6.37. The summed E-state index contributed by atoms with van der Waals surface area (Å²) in [6.45, 7) is 0.567. The molecule has 2 heterocycles. The summed E-state index contributed by atoms with van der Waals surface area (Å²) < 4.78 is 2.11. The lowest BCUT2D eigenvalue weighted by atomic mass is 10.00. The number of imidazole rings is 1. The number of hydrogen-bond acceptors (Lipinski definition) is 5. The number of nitrogens with one attached hydrogen (secondary N) is 1. The third-order valence-corrected chi connectivity index (χ3v) is 4.59. The quantitative estimate of drug-likeness (QED) is 0.719. The SMILES string of the molecule is OCC(CNc1ncnc2c1ncn2C1CC1)c1cccc(Cl)c1. The van der Waals surface area contributed by atoms with E-state index < -0.39 is 0 Å². The standard InChI is InChI=1S/C17H18ClN5O/c18-13-3-1-2-11(6-13)12(8-24)7-19-16-15-17(21-9-20-16)23(10-22-15)14-4-5-14/h1-3,6,9-10,12,14,24H,4-5,7-8H2,(H,19,20,21). The first-order valence-corrected chi connectivity index (χ1v) is 8.42. The van der Waals surface area contributed by atoms with Crippen LogP contribution in [0.15, 0.2) is 36.9 Å². The third-order valence-electron chi connectivity index (χ3n) is 4.36. The molecule has 0 amide bonds. The van der Waals surface area contributed by atoms with E-state index in [1.807, 2.05) is 30.6 Å². The number of hydrogen-bond donors (Lipinski definition) is 2. The molecule has 7 heteroatoms. The summed E-state index contributed by atoms with van der Waals surface area (Å²) in [5.41, 5.74) is 2.62. The molecule has 6 nitrogen and oxygen atoms in total. The molecule has 2 aromatic heterocycles. The van der Waals surface area contributed by atoms with Gasteiger partial charge in [0.15, 0.2) is 11.5 Å². The van der Waals surface area contributed by atoms with Gasteiger partial charge in [-0.15, -0.1) is 0 Å². The number of benzene rings is 1. The van der Waals surface area contributed by atoms with E-state index in [4.69, 9.17) is 11.6 Å². The van der Waals surface area contributed by atoms with Crippen molar-refractivity contribution in [3.05, 3.63) is 47.5 Å². The Hall–Kier alpha value is -2.18. The Morgan fingerprint density at radius 3 is 2.92 bits per heavy atom. The highest BCUT2D eigenvalue weighted by Gasteiger charge is 2.26.